The number of benzene rings is 1. The number of anilines is 1. The number of hydrogen-bond donors (Lipinski definition) is 2. The van der Waals surface area contributed by atoms with Crippen molar-refractivity contribution in [2.24, 2.45) is 17.0 Å². The molecule has 0 saturated carbocycles. The molecule has 2 aromatic heterocycles. The second-order valence-corrected chi connectivity index (χ2v) is 11.9. The summed E-state index contributed by atoms with van der Waals surface area (Å²) in [7, 11) is 1.92. The highest BCUT2D eigenvalue weighted by molar-refractivity contribution is 6.14. The van der Waals surface area contributed by atoms with Gasteiger partial charge in [-0.05, 0) is 51.5 Å². The van der Waals surface area contributed by atoms with Gasteiger partial charge >= 0.3 is 6.18 Å². The summed E-state index contributed by atoms with van der Waals surface area (Å²) in [5.41, 5.74) is 3.51. The van der Waals surface area contributed by atoms with Crippen molar-refractivity contribution in [2.75, 3.05) is 31.5 Å². The molecular weight excluding hydrogens is 534 g/mol. The maximum atomic E-state index is 15.2. The van der Waals surface area contributed by atoms with Gasteiger partial charge in [-0.15, -0.1) is 0 Å². The quantitative estimate of drug-likeness (QED) is 0.345. The number of piperidine rings is 1. The zero-order valence-electron chi connectivity index (χ0n) is 23.9. The van der Waals surface area contributed by atoms with Gasteiger partial charge in [0.2, 0.25) is 0 Å². The first-order valence-corrected chi connectivity index (χ1v) is 13.8. The van der Waals surface area contributed by atoms with E-state index in [1.807, 2.05) is 30.1 Å². The maximum Gasteiger partial charge on any atom is 0.406 e. The van der Waals surface area contributed by atoms with Crippen molar-refractivity contribution in [2.45, 2.75) is 57.7 Å². The van der Waals surface area contributed by atoms with E-state index in [1.54, 1.807) is 24.3 Å². The lowest BCUT2D eigenvalue weighted by Crippen LogP contribution is -2.54. The number of nitrogens with one attached hydrogen (secondary N) is 2. The number of aromatic nitrogens is 2. The van der Waals surface area contributed by atoms with E-state index in [9.17, 15) is 13.2 Å². The average Bonchev–Trinajstić information content (AvgIpc) is 3.62. The van der Waals surface area contributed by atoms with Crippen LogP contribution in [0.25, 0.3) is 16.6 Å². The van der Waals surface area contributed by atoms with E-state index < -0.39 is 24.9 Å². The first-order valence-electron chi connectivity index (χ1n) is 13.8. The van der Waals surface area contributed by atoms with Crippen molar-refractivity contribution in [1.29, 1.82) is 0 Å². The van der Waals surface area contributed by atoms with Crippen molar-refractivity contribution >= 4 is 33.8 Å². The molecule has 220 valence electrons. The normalized spacial score (nSPS) is 20.3. The second kappa shape index (κ2) is 11.0. The predicted octanol–water partition coefficient (Wildman–Crippen LogP) is 5.63. The fourth-order valence-corrected chi connectivity index (χ4v) is 5.43. The van der Waals surface area contributed by atoms with E-state index >= 15 is 4.39 Å². The van der Waals surface area contributed by atoms with Gasteiger partial charge in [0.1, 0.15) is 12.7 Å². The number of alkyl halides is 4. The van der Waals surface area contributed by atoms with Crippen LogP contribution in [0.5, 0.6) is 0 Å². The molecule has 1 fully saturated rings. The molecule has 2 N–H and O–H groups in total. The maximum absolute atomic E-state index is 15.2. The first-order chi connectivity index (χ1) is 19.3. The molecule has 3 aromatic rings. The van der Waals surface area contributed by atoms with E-state index in [4.69, 9.17) is 0 Å². The van der Waals surface area contributed by atoms with Gasteiger partial charge in [-0.2, -0.15) is 13.2 Å². The number of likely N-dealkylation sites (tertiary alicyclic amines) is 1. The molecule has 2 atom stereocenters. The Morgan fingerprint density at radius 3 is 2.61 bits per heavy atom. The summed E-state index contributed by atoms with van der Waals surface area (Å²) in [5, 5.41) is 7.12. The minimum absolute atomic E-state index is 0.134. The van der Waals surface area contributed by atoms with Gasteiger partial charge in [-0.3, -0.25) is 9.89 Å². The molecule has 7 nitrogen and oxygen atoms in total. The molecule has 4 heterocycles. The lowest BCUT2D eigenvalue weighted by molar-refractivity contribution is -0.139. The smallest absolute Gasteiger partial charge is 0.380 e. The van der Waals surface area contributed by atoms with Gasteiger partial charge in [-0.1, -0.05) is 12.6 Å². The van der Waals surface area contributed by atoms with Crippen LogP contribution in [0.4, 0.5) is 23.2 Å². The Morgan fingerprint density at radius 2 is 1.95 bits per heavy atom. The van der Waals surface area contributed by atoms with E-state index in [0.717, 1.165) is 17.8 Å². The zero-order chi connectivity index (χ0) is 29.5. The highest BCUT2D eigenvalue weighted by Gasteiger charge is 2.35. The summed E-state index contributed by atoms with van der Waals surface area (Å²) in [6.45, 7) is 10.8. The molecule has 0 amide bonds. The Hall–Kier alpha value is -3.60. The third-order valence-electron chi connectivity index (χ3n) is 7.70. The molecule has 41 heavy (non-hydrogen) atoms. The first kappa shape index (κ1) is 28.9. The van der Waals surface area contributed by atoms with Gasteiger partial charge in [0.15, 0.2) is 5.84 Å². The molecule has 0 spiro atoms. The number of aliphatic imine (C=N–C) groups is 2. The average molecular weight is 572 g/mol. The number of fused-ring (bicyclic) bond motifs is 1. The SMILES string of the molecule is C=C(NCC1=NC(c2cc3c(NC4CCN(C(C)(C)C)CC4F)cccc3n2CC(F)(F)F)=NC1)c1ccn(C)c1. The summed E-state index contributed by atoms with van der Waals surface area (Å²) in [6, 6.07) is 8.32. The Morgan fingerprint density at radius 1 is 1.17 bits per heavy atom. The Bertz CT molecular complexity index is 1490. The number of hydrogen-bond acceptors (Lipinski definition) is 5. The van der Waals surface area contributed by atoms with Crippen molar-refractivity contribution in [3.63, 3.8) is 0 Å². The number of aryl methyl sites for hydroxylation is 1. The topological polar surface area (TPSA) is 61.9 Å². The van der Waals surface area contributed by atoms with Crippen LogP contribution in [-0.4, -0.2) is 75.7 Å². The van der Waals surface area contributed by atoms with E-state index in [2.05, 4.69) is 52.9 Å². The summed E-state index contributed by atoms with van der Waals surface area (Å²) in [5.74, 6) is 0.250. The van der Waals surface area contributed by atoms with E-state index in [-0.39, 0.29) is 23.6 Å². The highest BCUT2D eigenvalue weighted by atomic mass is 19.4. The van der Waals surface area contributed by atoms with E-state index in [1.165, 1.54) is 4.57 Å². The lowest BCUT2D eigenvalue weighted by atomic mass is 9.96. The molecule has 0 radical (unpaired) electrons. The molecule has 2 aliphatic rings. The van der Waals surface area contributed by atoms with Gasteiger partial charge in [0, 0.05) is 60.4 Å². The molecular formula is C30H37F4N7. The minimum Gasteiger partial charge on any atom is -0.380 e. The Kier molecular flexibility index (Phi) is 7.76. The molecule has 0 aliphatic carbocycles. The van der Waals surface area contributed by atoms with Crippen LogP contribution in [0, 0.1) is 0 Å². The van der Waals surface area contributed by atoms with Gasteiger partial charge in [0.25, 0.3) is 0 Å². The largest absolute Gasteiger partial charge is 0.406 e. The number of nitrogens with zero attached hydrogens (tertiary/aromatic N) is 5. The standard InChI is InChI=1S/C30H37F4N7/c1-19(20-9-11-39(5)16-20)35-14-21-15-36-28(37-21)27-13-22-24(7-6-8-26(22)41(27)18-30(32,33)34)38-25-10-12-40(17-23(25)31)29(2,3)4/h6-9,11,13,16,23,25,35,38H,1,10,12,14-15,17-18H2,2-5H3. The Labute approximate surface area is 237 Å². The molecule has 0 bridgehead atoms. The van der Waals surface area contributed by atoms with Crippen LogP contribution in [0.3, 0.4) is 0 Å². The molecule has 2 aliphatic heterocycles. The summed E-state index contributed by atoms with van der Waals surface area (Å²) < 4.78 is 59.6. The third kappa shape index (κ3) is 6.50. The monoisotopic (exact) mass is 571 g/mol. The van der Waals surface area contributed by atoms with Crippen LogP contribution >= 0.6 is 0 Å². The van der Waals surface area contributed by atoms with Crippen LogP contribution in [0.2, 0.25) is 0 Å². The fraction of sp³-hybridized carbons (Fsp3) is 0.467. The lowest BCUT2D eigenvalue weighted by Gasteiger charge is -2.42. The second-order valence-electron chi connectivity index (χ2n) is 11.9. The van der Waals surface area contributed by atoms with Gasteiger partial charge in [0.05, 0.1) is 36.1 Å². The molecule has 2 unspecified atom stereocenters. The van der Waals surface area contributed by atoms with Crippen LogP contribution < -0.4 is 10.6 Å². The summed E-state index contributed by atoms with van der Waals surface area (Å²) in [6.07, 6.45) is -1.11. The van der Waals surface area contributed by atoms with Gasteiger partial charge < -0.3 is 19.8 Å². The highest BCUT2D eigenvalue weighted by Crippen LogP contribution is 2.33. The number of rotatable bonds is 8. The van der Waals surface area contributed by atoms with Crippen LogP contribution in [-0.2, 0) is 13.6 Å². The van der Waals surface area contributed by atoms with Crippen molar-refractivity contribution in [3.05, 3.63) is 60.6 Å². The van der Waals surface area contributed by atoms with E-state index in [0.29, 0.717) is 41.8 Å². The minimum atomic E-state index is -4.45. The predicted molar refractivity (Wildman–Crippen MR) is 158 cm³/mol. The van der Waals surface area contributed by atoms with Crippen molar-refractivity contribution in [1.82, 2.24) is 19.4 Å². The molecule has 11 heteroatoms. The molecule has 5 rings (SSSR count). The summed E-state index contributed by atoms with van der Waals surface area (Å²) in [4.78, 5) is 11.2. The number of amidine groups is 1. The number of halogens is 4. The summed E-state index contributed by atoms with van der Waals surface area (Å²) >= 11 is 0. The van der Waals surface area contributed by atoms with Gasteiger partial charge in [-0.25, -0.2) is 9.38 Å². The van der Waals surface area contributed by atoms with Crippen molar-refractivity contribution < 1.29 is 17.6 Å². The zero-order valence-corrected chi connectivity index (χ0v) is 23.9. The van der Waals surface area contributed by atoms with Crippen molar-refractivity contribution in [3.8, 4) is 0 Å². The fourth-order valence-electron chi connectivity index (χ4n) is 5.43. The van der Waals surface area contributed by atoms with Crippen LogP contribution in [0.15, 0.2) is 59.3 Å². The molecule has 1 aromatic carbocycles. The third-order valence-corrected chi connectivity index (χ3v) is 7.70. The van der Waals surface area contributed by atoms with Crippen LogP contribution in [0.1, 0.15) is 38.4 Å². The Balaban J connectivity index is 1.39. The molecule has 1 saturated heterocycles.